The van der Waals surface area contributed by atoms with E-state index >= 15 is 0 Å². The van der Waals surface area contributed by atoms with Crippen molar-refractivity contribution in [2.75, 3.05) is 12.4 Å². The average molecular weight is 221 g/mol. The fourth-order valence-electron chi connectivity index (χ4n) is 1.19. The van der Waals surface area contributed by atoms with Gasteiger partial charge in [0.2, 0.25) is 5.88 Å². The Labute approximate surface area is 93.7 Å². The molecule has 1 N–H and O–H groups in total. The van der Waals surface area contributed by atoms with Crippen LogP contribution in [0.15, 0.2) is 40.1 Å². The predicted octanol–water partition coefficient (Wildman–Crippen LogP) is 1.89. The molecule has 0 aliphatic heterocycles. The fourth-order valence-corrected chi connectivity index (χ4v) is 1.19. The minimum Gasteiger partial charge on any atom is -0.427 e. The van der Waals surface area contributed by atoms with Gasteiger partial charge in [0.05, 0.1) is 6.20 Å². The van der Waals surface area contributed by atoms with Gasteiger partial charge in [-0.25, -0.2) is 4.98 Å². The Bertz CT molecular complexity index is 474. The van der Waals surface area contributed by atoms with Gasteiger partial charge in [0, 0.05) is 13.2 Å². The Morgan fingerprint density at radius 1 is 1.44 bits per heavy atom. The van der Waals surface area contributed by atoms with Crippen molar-refractivity contribution in [2.24, 2.45) is 0 Å². The molecule has 0 aromatic carbocycles. The molecule has 0 aliphatic rings. The monoisotopic (exact) mass is 221 g/mol. The lowest BCUT2D eigenvalue weighted by molar-refractivity contribution is 0.527. The quantitative estimate of drug-likeness (QED) is 0.841. The molecule has 0 amide bonds. The Hall–Kier alpha value is -2.04. The molecule has 0 atom stereocenters. The van der Waals surface area contributed by atoms with Gasteiger partial charge in [-0.05, 0) is 12.1 Å². The standard InChI is InChI=1S/C9H9N3O2.C2H6/c1-10-7-3-2-4-12(9(7)13)8-5-11-6-14-8;1-2/h2-6,10H,1H3;1-2H3. The van der Waals surface area contributed by atoms with Crippen LogP contribution in [0.2, 0.25) is 0 Å². The largest absolute Gasteiger partial charge is 0.427 e. The van der Waals surface area contributed by atoms with Crippen LogP contribution in [0.5, 0.6) is 0 Å². The maximum absolute atomic E-state index is 11.7. The van der Waals surface area contributed by atoms with Crippen molar-refractivity contribution in [3.63, 3.8) is 0 Å². The molecule has 2 rings (SSSR count). The molecule has 86 valence electrons. The fraction of sp³-hybridized carbons (Fsp3) is 0.273. The van der Waals surface area contributed by atoms with Crippen LogP contribution in [-0.2, 0) is 0 Å². The van der Waals surface area contributed by atoms with Crippen molar-refractivity contribution in [3.8, 4) is 5.88 Å². The first-order chi connectivity index (χ1) is 7.83. The summed E-state index contributed by atoms with van der Waals surface area (Å²) >= 11 is 0. The third-order valence-electron chi connectivity index (χ3n) is 1.87. The van der Waals surface area contributed by atoms with Crippen LogP contribution in [0.1, 0.15) is 13.8 Å². The Morgan fingerprint density at radius 3 is 2.75 bits per heavy atom. The number of oxazole rings is 1. The summed E-state index contributed by atoms with van der Waals surface area (Å²) in [6, 6.07) is 3.46. The van der Waals surface area contributed by atoms with E-state index in [1.165, 1.54) is 17.2 Å². The van der Waals surface area contributed by atoms with Gasteiger partial charge < -0.3 is 9.73 Å². The van der Waals surface area contributed by atoms with Gasteiger partial charge in [-0.1, -0.05) is 13.8 Å². The lowest BCUT2D eigenvalue weighted by Gasteiger charge is -2.03. The molecule has 0 unspecified atom stereocenters. The van der Waals surface area contributed by atoms with Gasteiger partial charge in [0.15, 0.2) is 6.39 Å². The number of aromatic nitrogens is 2. The summed E-state index contributed by atoms with van der Waals surface area (Å²) in [5.74, 6) is 0.409. The van der Waals surface area contributed by atoms with Crippen molar-refractivity contribution in [2.45, 2.75) is 13.8 Å². The molecule has 16 heavy (non-hydrogen) atoms. The third-order valence-corrected chi connectivity index (χ3v) is 1.87. The highest BCUT2D eigenvalue weighted by Crippen LogP contribution is 2.04. The lowest BCUT2D eigenvalue weighted by atomic mass is 10.4. The minimum absolute atomic E-state index is 0.160. The molecule has 0 bridgehead atoms. The van der Waals surface area contributed by atoms with Crippen LogP contribution in [-0.4, -0.2) is 16.6 Å². The summed E-state index contributed by atoms with van der Waals surface area (Å²) in [6.45, 7) is 4.00. The van der Waals surface area contributed by atoms with Gasteiger partial charge in [0.25, 0.3) is 5.56 Å². The first-order valence-corrected chi connectivity index (χ1v) is 5.11. The zero-order valence-corrected chi connectivity index (χ0v) is 9.60. The SMILES string of the molecule is CC.CNc1cccn(-c2cnco2)c1=O. The number of anilines is 1. The second-order valence-corrected chi connectivity index (χ2v) is 2.69. The Balaban J connectivity index is 0.000000606. The summed E-state index contributed by atoms with van der Waals surface area (Å²) in [7, 11) is 1.70. The van der Waals surface area contributed by atoms with E-state index < -0.39 is 0 Å². The molecule has 0 radical (unpaired) electrons. The predicted molar refractivity (Wildman–Crippen MR) is 63.0 cm³/mol. The van der Waals surface area contributed by atoms with Crippen LogP contribution in [0.4, 0.5) is 5.69 Å². The van der Waals surface area contributed by atoms with Gasteiger partial charge >= 0.3 is 0 Å². The highest BCUT2D eigenvalue weighted by Gasteiger charge is 2.04. The van der Waals surface area contributed by atoms with Crippen LogP contribution < -0.4 is 10.9 Å². The number of hydrogen-bond donors (Lipinski definition) is 1. The molecular formula is C11H15N3O2. The summed E-state index contributed by atoms with van der Waals surface area (Å²) < 4.78 is 6.41. The van der Waals surface area contributed by atoms with Gasteiger partial charge in [-0.3, -0.25) is 9.36 Å². The van der Waals surface area contributed by atoms with Crippen molar-refractivity contribution in [3.05, 3.63) is 41.3 Å². The normalized spacial score (nSPS) is 9.19. The summed E-state index contributed by atoms with van der Waals surface area (Å²) in [4.78, 5) is 15.5. The number of hydrogen-bond acceptors (Lipinski definition) is 4. The molecule has 0 spiro atoms. The van der Waals surface area contributed by atoms with Gasteiger partial charge in [0.1, 0.15) is 5.69 Å². The maximum atomic E-state index is 11.7. The molecule has 0 saturated carbocycles. The molecular weight excluding hydrogens is 206 g/mol. The van der Waals surface area contributed by atoms with E-state index in [9.17, 15) is 4.79 Å². The highest BCUT2D eigenvalue weighted by atomic mass is 16.4. The molecule has 2 heterocycles. The molecule has 0 saturated heterocycles. The Morgan fingerprint density at radius 2 is 2.19 bits per heavy atom. The number of nitrogens with one attached hydrogen (secondary N) is 1. The van der Waals surface area contributed by atoms with Gasteiger partial charge in [-0.15, -0.1) is 0 Å². The van der Waals surface area contributed by atoms with E-state index in [4.69, 9.17) is 4.42 Å². The Kier molecular flexibility index (Phi) is 4.32. The van der Waals surface area contributed by atoms with Gasteiger partial charge in [-0.2, -0.15) is 0 Å². The smallest absolute Gasteiger partial charge is 0.280 e. The molecule has 0 aliphatic carbocycles. The van der Waals surface area contributed by atoms with Crippen LogP contribution in [0, 0.1) is 0 Å². The number of rotatable bonds is 2. The third kappa shape index (κ3) is 2.31. The van der Waals surface area contributed by atoms with E-state index in [1.807, 2.05) is 13.8 Å². The minimum atomic E-state index is -0.160. The van der Waals surface area contributed by atoms with Crippen LogP contribution >= 0.6 is 0 Å². The molecule has 2 aromatic heterocycles. The topological polar surface area (TPSA) is 60.1 Å². The van der Waals surface area contributed by atoms with Crippen molar-refractivity contribution < 1.29 is 4.42 Å². The van der Waals surface area contributed by atoms with Crippen LogP contribution in [0.3, 0.4) is 0 Å². The maximum Gasteiger partial charge on any atom is 0.280 e. The highest BCUT2D eigenvalue weighted by molar-refractivity contribution is 5.41. The molecule has 5 heteroatoms. The van der Waals surface area contributed by atoms with Crippen molar-refractivity contribution in [1.29, 1.82) is 0 Å². The van der Waals surface area contributed by atoms with E-state index in [0.717, 1.165) is 0 Å². The van der Waals surface area contributed by atoms with Crippen LogP contribution in [0.25, 0.3) is 5.88 Å². The number of pyridine rings is 1. The van der Waals surface area contributed by atoms with E-state index in [2.05, 4.69) is 10.3 Å². The summed E-state index contributed by atoms with van der Waals surface area (Å²) in [6.07, 6.45) is 4.40. The second-order valence-electron chi connectivity index (χ2n) is 2.69. The first-order valence-electron chi connectivity index (χ1n) is 5.11. The summed E-state index contributed by atoms with van der Waals surface area (Å²) in [5, 5.41) is 2.80. The molecule has 5 nitrogen and oxygen atoms in total. The van der Waals surface area contributed by atoms with E-state index in [0.29, 0.717) is 11.6 Å². The zero-order chi connectivity index (χ0) is 12.0. The molecule has 2 aromatic rings. The van der Waals surface area contributed by atoms with E-state index in [1.54, 1.807) is 25.4 Å². The summed E-state index contributed by atoms with van der Waals surface area (Å²) in [5.41, 5.74) is 0.357. The molecule has 0 fully saturated rings. The van der Waals surface area contributed by atoms with E-state index in [-0.39, 0.29) is 5.56 Å². The lowest BCUT2D eigenvalue weighted by Crippen LogP contribution is -2.19. The van der Waals surface area contributed by atoms with Crippen molar-refractivity contribution >= 4 is 5.69 Å². The average Bonchev–Trinajstić information content (AvgIpc) is 2.85. The zero-order valence-electron chi connectivity index (χ0n) is 9.60. The number of nitrogens with zero attached hydrogens (tertiary/aromatic N) is 2. The van der Waals surface area contributed by atoms with Crippen molar-refractivity contribution in [1.82, 2.24) is 9.55 Å². The first kappa shape index (κ1) is 12.0. The second kappa shape index (κ2) is 5.75.